The van der Waals surface area contributed by atoms with Crippen molar-refractivity contribution in [3.63, 3.8) is 0 Å². The Morgan fingerprint density at radius 3 is 2.09 bits per heavy atom. The molecule has 0 aliphatic carbocycles. The number of amides is 1. The molecular formula is C25H23ClN2O7. The number of esters is 1. The zero-order chi connectivity index (χ0) is 25.4. The standard InChI is InChI=1S/C25H23ClN2O7/c1-31-20-11-15(9-10-19(20)35-25(30)17-7-5-6-8-18(17)26)14-27-28-24(29)16-12-21(32-2)23(34-4)22(13-16)33-3/h5-14H,1-4H3,(H,28,29). The fraction of sp³-hybridized carbons (Fsp3) is 0.160. The van der Waals surface area contributed by atoms with Crippen molar-refractivity contribution < 1.29 is 33.3 Å². The molecule has 3 aromatic rings. The van der Waals surface area contributed by atoms with Crippen LogP contribution >= 0.6 is 11.6 Å². The van der Waals surface area contributed by atoms with E-state index in [9.17, 15) is 9.59 Å². The highest BCUT2D eigenvalue weighted by Crippen LogP contribution is 2.38. The molecule has 0 saturated carbocycles. The van der Waals surface area contributed by atoms with Crippen molar-refractivity contribution in [3.05, 3.63) is 76.3 Å². The van der Waals surface area contributed by atoms with Crippen LogP contribution in [0.5, 0.6) is 28.7 Å². The van der Waals surface area contributed by atoms with Crippen molar-refractivity contribution >= 4 is 29.7 Å². The number of hydrogen-bond acceptors (Lipinski definition) is 8. The van der Waals surface area contributed by atoms with Crippen LogP contribution < -0.4 is 29.1 Å². The quantitative estimate of drug-likeness (QED) is 0.202. The van der Waals surface area contributed by atoms with Crippen LogP contribution in [0.3, 0.4) is 0 Å². The summed E-state index contributed by atoms with van der Waals surface area (Å²) >= 11 is 6.06. The molecule has 1 N–H and O–H groups in total. The Hall–Kier alpha value is -4.24. The highest BCUT2D eigenvalue weighted by Gasteiger charge is 2.17. The molecule has 10 heteroatoms. The summed E-state index contributed by atoms with van der Waals surface area (Å²) in [5, 5.41) is 4.26. The predicted octanol–water partition coefficient (Wildman–Crippen LogP) is 4.36. The second-order valence-corrected chi connectivity index (χ2v) is 7.30. The van der Waals surface area contributed by atoms with Crippen LogP contribution in [0, 0.1) is 0 Å². The van der Waals surface area contributed by atoms with Crippen molar-refractivity contribution in [1.82, 2.24) is 5.43 Å². The average molecular weight is 499 g/mol. The molecule has 9 nitrogen and oxygen atoms in total. The summed E-state index contributed by atoms with van der Waals surface area (Å²) in [7, 11) is 5.83. The number of rotatable bonds is 9. The predicted molar refractivity (Wildman–Crippen MR) is 131 cm³/mol. The summed E-state index contributed by atoms with van der Waals surface area (Å²) in [6.45, 7) is 0. The SMILES string of the molecule is COc1cc(C=NNC(=O)c2cc(OC)c(OC)c(OC)c2)ccc1OC(=O)c1ccccc1Cl. The van der Waals surface area contributed by atoms with Gasteiger partial charge in [0.25, 0.3) is 5.91 Å². The van der Waals surface area contributed by atoms with E-state index in [4.69, 9.17) is 35.3 Å². The van der Waals surface area contributed by atoms with E-state index in [1.165, 1.54) is 46.8 Å². The Morgan fingerprint density at radius 1 is 0.829 bits per heavy atom. The van der Waals surface area contributed by atoms with Gasteiger partial charge in [0.15, 0.2) is 23.0 Å². The van der Waals surface area contributed by atoms with Gasteiger partial charge in [-0.1, -0.05) is 23.7 Å². The second-order valence-electron chi connectivity index (χ2n) is 6.89. The van der Waals surface area contributed by atoms with Gasteiger partial charge < -0.3 is 23.7 Å². The molecule has 182 valence electrons. The van der Waals surface area contributed by atoms with Gasteiger partial charge in [-0.15, -0.1) is 0 Å². The fourth-order valence-electron chi connectivity index (χ4n) is 3.07. The van der Waals surface area contributed by atoms with Crippen molar-refractivity contribution in [2.75, 3.05) is 28.4 Å². The van der Waals surface area contributed by atoms with Crippen LogP contribution in [0.2, 0.25) is 5.02 Å². The zero-order valence-electron chi connectivity index (χ0n) is 19.5. The van der Waals surface area contributed by atoms with Gasteiger partial charge in [-0.25, -0.2) is 10.2 Å². The monoisotopic (exact) mass is 498 g/mol. The Balaban J connectivity index is 1.72. The Morgan fingerprint density at radius 2 is 1.49 bits per heavy atom. The van der Waals surface area contributed by atoms with Crippen LogP contribution in [0.1, 0.15) is 26.3 Å². The molecule has 35 heavy (non-hydrogen) atoms. The maximum atomic E-state index is 12.6. The minimum Gasteiger partial charge on any atom is -0.493 e. The molecule has 0 saturated heterocycles. The Bertz CT molecular complexity index is 1240. The van der Waals surface area contributed by atoms with Crippen LogP contribution in [-0.4, -0.2) is 46.5 Å². The molecular weight excluding hydrogens is 476 g/mol. The number of hydrazone groups is 1. The largest absolute Gasteiger partial charge is 0.493 e. The van der Waals surface area contributed by atoms with E-state index in [2.05, 4.69) is 10.5 Å². The summed E-state index contributed by atoms with van der Waals surface area (Å²) < 4.78 is 26.5. The number of nitrogens with one attached hydrogen (secondary N) is 1. The maximum Gasteiger partial charge on any atom is 0.345 e. The van der Waals surface area contributed by atoms with E-state index in [0.29, 0.717) is 28.6 Å². The first kappa shape index (κ1) is 25.4. The normalized spacial score (nSPS) is 10.5. The molecule has 0 fully saturated rings. The highest BCUT2D eigenvalue weighted by molar-refractivity contribution is 6.33. The van der Waals surface area contributed by atoms with Crippen molar-refractivity contribution in [2.24, 2.45) is 5.10 Å². The number of benzene rings is 3. The van der Waals surface area contributed by atoms with Crippen molar-refractivity contribution in [3.8, 4) is 28.7 Å². The average Bonchev–Trinajstić information content (AvgIpc) is 2.88. The summed E-state index contributed by atoms with van der Waals surface area (Å²) in [6, 6.07) is 14.4. The molecule has 0 aliphatic heterocycles. The number of ether oxygens (including phenoxy) is 5. The molecule has 3 aromatic carbocycles. The summed E-state index contributed by atoms with van der Waals surface area (Å²) in [5.74, 6) is 0.449. The number of carbonyl (C=O) groups is 2. The zero-order valence-corrected chi connectivity index (χ0v) is 20.2. The van der Waals surface area contributed by atoms with E-state index in [-0.39, 0.29) is 21.9 Å². The van der Waals surface area contributed by atoms with E-state index >= 15 is 0 Å². The third-order valence-electron chi connectivity index (χ3n) is 4.79. The highest BCUT2D eigenvalue weighted by atomic mass is 35.5. The first-order valence-corrected chi connectivity index (χ1v) is 10.6. The molecule has 0 atom stereocenters. The van der Waals surface area contributed by atoms with Gasteiger partial charge in [0.05, 0.1) is 45.2 Å². The van der Waals surface area contributed by atoms with Crippen LogP contribution in [0.25, 0.3) is 0 Å². The second kappa shape index (κ2) is 11.8. The Kier molecular flexibility index (Phi) is 8.53. The van der Waals surface area contributed by atoms with Crippen molar-refractivity contribution in [2.45, 2.75) is 0 Å². The molecule has 0 aliphatic rings. The lowest BCUT2D eigenvalue weighted by Crippen LogP contribution is -2.18. The molecule has 0 bridgehead atoms. The van der Waals surface area contributed by atoms with Crippen LogP contribution in [0.15, 0.2) is 59.7 Å². The van der Waals surface area contributed by atoms with Crippen LogP contribution in [0.4, 0.5) is 0 Å². The first-order chi connectivity index (χ1) is 16.9. The number of nitrogens with zero attached hydrogens (tertiary/aromatic N) is 1. The van der Waals surface area contributed by atoms with Gasteiger partial charge in [-0.2, -0.15) is 5.10 Å². The van der Waals surface area contributed by atoms with Gasteiger partial charge in [0, 0.05) is 5.56 Å². The van der Waals surface area contributed by atoms with E-state index in [1.54, 1.807) is 42.5 Å². The van der Waals surface area contributed by atoms with Gasteiger partial charge in [0.2, 0.25) is 5.75 Å². The topological polar surface area (TPSA) is 105 Å². The van der Waals surface area contributed by atoms with E-state index < -0.39 is 11.9 Å². The first-order valence-electron chi connectivity index (χ1n) is 10.2. The molecule has 0 spiro atoms. The van der Waals surface area contributed by atoms with Crippen LogP contribution in [-0.2, 0) is 0 Å². The summed E-state index contributed by atoms with van der Waals surface area (Å²) in [4.78, 5) is 25.0. The van der Waals surface area contributed by atoms with Gasteiger partial charge in [0.1, 0.15) is 0 Å². The number of halogens is 1. The molecule has 0 aromatic heterocycles. The minimum absolute atomic E-state index is 0.205. The smallest absolute Gasteiger partial charge is 0.345 e. The number of carbonyl (C=O) groups excluding carboxylic acids is 2. The molecule has 0 unspecified atom stereocenters. The Labute approximate surface area is 207 Å². The van der Waals surface area contributed by atoms with Crippen molar-refractivity contribution in [1.29, 1.82) is 0 Å². The third kappa shape index (κ3) is 6.01. The lowest BCUT2D eigenvalue weighted by molar-refractivity contribution is 0.0729. The number of methoxy groups -OCH3 is 4. The van der Waals surface area contributed by atoms with E-state index in [0.717, 1.165) is 0 Å². The fourth-order valence-corrected chi connectivity index (χ4v) is 3.29. The minimum atomic E-state index is -0.618. The maximum absolute atomic E-state index is 12.6. The summed E-state index contributed by atoms with van der Waals surface area (Å²) in [5.41, 5.74) is 3.52. The molecule has 0 radical (unpaired) electrons. The third-order valence-corrected chi connectivity index (χ3v) is 5.12. The molecule has 1 amide bonds. The molecule has 0 heterocycles. The number of hydrogen-bond donors (Lipinski definition) is 1. The van der Waals surface area contributed by atoms with Gasteiger partial charge >= 0.3 is 5.97 Å². The molecule has 3 rings (SSSR count). The van der Waals surface area contributed by atoms with Gasteiger partial charge in [-0.05, 0) is 48.0 Å². The summed E-state index contributed by atoms with van der Waals surface area (Å²) in [6.07, 6.45) is 1.41. The lowest BCUT2D eigenvalue weighted by atomic mass is 10.1. The van der Waals surface area contributed by atoms with Gasteiger partial charge in [-0.3, -0.25) is 4.79 Å². The van der Waals surface area contributed by atoms with E-state index in [1.807, 2.05) is 0 Å². The lowest BCUT2D eigenvalue weighted by Gasteiger charge is -2.13.